The lowest BCUT2D eigenvalue weighted by Crippen LogP contribution is -2.45. The average Bonchev–Trinajstić information content (AvgIpc) is 3.07. The van der Waals surface area contributed by atoms with Gasteiger partial charge in [0.15, 0.2) is 0 Å². The fourth-order valence-corrected chi connectivity index (χ4v) is 2.45. The number of hydrogen-bond donors (Lipinski definition) is 1. The molecule has 1 atom stereocenters. The summed E-state index contributed by atoms with van der Waals surface area (Å²) in [5, 5.41) is 2.67. The molecule has 120 valence electrons. The molecule has 1 N–H and O–H groups in total. The summed E-state index contributed by atoms with van der Waals surface area (Å²) < 4.78 is 5.43. The number of hydrogen-bond acceptors (Lipinski definition) is 4. The van der Waals surface area contributed by atoms with Gasteiger partial charge in [-0.3, -0.25) is 14.6 Å². The Morgan fingerprint density at radius 1 is 1.41 bits per heavy atom. The van der Waals surface area contributed by atoms with Gasteiger partial charge in [-0.25, -0.2) is 0 Å². The largest absolute Gasteiger partial charge is 0.376 e. The molecule has 0 spiro atoms. The van der Waals surface area contributed by atoms with Crippen molar-refractivity contribution in [3.63, 3.8) is 0 Å². The van der Waals surface area contributed by atoms with Gasteiger partial charge in [0, 0.05) is 38.6 Å². The first kappa shape index (κ1) is 16.4. The van der Waals surface area contributed by atoms with Crippen molar-refractivity contribution in [3.05, 3.63) is 30.1 Å². The molecular weight excluding hydrogens is 282 g/mol. The smallest absolute Gasteiger partial charge is 0.311 e. The van der Waals surface area contributed by atoms with Crippen molar-refractivity contribution < 1.29 is 14.3 Å². The first-order chi connectivity index (χ1) is 10.7. The molecule has 0 bridgehead atoms. The Morgan fingerprint density at radius 2 is 2.18 bits per heavy atom. The number of pyridine rings is 1. The second-order valence-corrected chi connectivity index (χ2v) is 5.34. The fourth-order valence-electron chi connectivity index (χ4n) is 2.45. The highest BCUT2D eigenvalue weighted by Crippen LogP contribution is 2.10. The van der Waals surface area contributed by atoms with Crippen LogP contribution in [0, 0.1) is 0 Å². The predicted octanol–water partition coefficient (Wildman–Crippen LogP) is 0.768. The summed E-state index contributed by atoms with van der Waals surface area (Å²) in [6.07, 6.45) is 6.16. The van der Waals surface area contributed by atoms with Crippen LogP contribution in [-0.2, 0) is 20.7 Å². The minimum atomic E-state index is -0.549. The van der Waals surface area contributed by atoms with Gasteiger partial charge in [-0.15, -0.1) is 0 Å². The molecule has 2 amide bonds. The minimum Gasteiger partial charge on any atom is -0.376 e. The molecule has 0 saturated carbocycles. The van der Waals surface area contributed by atoms with Crippen LogP contribution >= 0.6 is 0 Å². The molecule has 6 nitrogen and oxygen atoms in total. The average molecular weight is 305 g/mol. The van der Waals surface area contributed by atoms with Crippen molar-refractivity contribution >= 4 is 11.8 Å². The van der Waals surface area contributed by atoms with E-state index in [1.54, 1.807) is 17.3 Å². The highest BCUT2D eigenvalue weighted by molar-refractivity contribution is 6.35. The van der Waals surface area contributed by atoms with Crippen molar-refractivity contribution in [1.82, 2.24) is 15.2 Å². The highest BCUT2D eigenvalue weighted by Gasteiger charge is 2.22. The molecule has 22 heavy (non-hydrogen) atoms. The van der Waals surface area contributed by atoms with Gasteiger partial charge in [0.25, 0.3) is 0 Å². The quantitative estimate of drug-likeness (QED) is 0.788. The molecule has 1 aliphatic rings. The van der Waals surface area contributed by atoms with Crippen molar-refractivity contribution in [3.8, 4) is 0 Å². The standard InChI is InChI=1S/C16H23N3O3/c1-2-19(10-7-13-5-8-17-9-6-13)16(21)15(20)18-12-14-4-3-11-22-14/h5-6,8-9,14H,2-4,7,10-12H2,1H3,(H,18,20). The van der Waals surface area contributed by atoms with E-state index in [1.807, 2.05) is 19.1 Å². The molecule has 1 aromatic rings. The van der Waals surface area contributed by atoms with E-state index in [0.717, 1.165) is 25.0 Å². The monoisotopic (exact) mass is 305 g/mol. The predicted molar refractivity (Wildman–Crippen MR) is 82.2 cm³/mol. The van der Waals surface area contributed by atoms with E-state index in [2.05, 4.69) is 10.3 Å². The summed E-state index contributed by atoms with van der Waals surface area (Å²) >= 11 is 0. The zero-order valence-corrected chi connectivity index (χ0v) is 13.0. The number of carbonyl (C=O) groups is 2. The number of carbonyl (C=O) groups excluding carboxylic acids is 2. The van der Waals surface area contributed by atoms with E-state index in [1.165, 1.54) is 0 Å². The third-order valence-electron chi connectivity index (χ3n) is 3.80. The van der Waals surface area contributed by atoms with Crippen molar-refractivity contribution in [1.29, 1.82) is 0 Å². The number of nitrogens with zero attached hydrogens (tertiary/aromatic N) is 2. The lowest BCUT2D eigenvalue weighted by atomic mass is 10.2. The molecular formula is C16H23N3O3. The van der Waals surface area contributed by atoms with Crippen LogP contribution < -0.4 is 5.32 Å². The van der Waals surface area contributed by atoms with Gasteiger partial charge in [-0.1, -0.05) is 0 Å². The van der Waals surface area contributed by atoms with Crippen LogP contribution in [0.15, 0.2) is 24.5 Å². The number of rotatable bonds is 6. The van der Waals surface area contributed by atoms with Gasteiger partial charge in [-0.2, -0.15) is 0 Å². The van der Waals surface area contributed by atoms with E-state index in [-0.39, 0.29) is 6.10 Å². The Balaban J connectivity index is 1.78. The number of aromatic nitrogens is 1. The molecule has 2 rings (SSSR count). The maximum absolute atomic E-state index is 12.2. The van der Waals surface area contributed by atoms with E-state index in [9.17, 15) is 9.59 Å². The molecule has 0 aromatic carbocycles. The second-order valence-electron chi connectivity index (χ2n) is 5.34. The molecule has 6 heteroatoms. The normalized spacial score (nSPS) is 17.2. The van der Waals surface area contributed by atoms with Gasteiger partial charge in [0.05, 0.1) is 6.10 Å². The van der Waals surface area contributed by atoms with Gasteiger partial charge >= 0.3 is 11.8 Å². The van der Waals surface area contributed by atoms with Gasteiger partial charge < -0.3 is 15.0 Å². The van der Waals surface area contributed by atoms with Crippen molar-refractivity contribution in [2.45, 2.75) is 32.3 Å². The molecule has 0 aliphatic carbocycles. The number of likely N-dealkylation sites (N-methyl/N-ethyl adjacent to an activating group) is 1. The van der Waals surface area contributed by atoms with E-state index in [4.69, 9.17) is 4.74 Å². The Hall–Kier alpha value is -1.95. The zero-order chi connectivity index (χ0) is 15.8. The maximum Gasteiger partial charge on any atom is 0.311 e. The molecule has 1 unspecified atom stereocenters. The first-order valence-corrected chi connectivity index (χ1v) is 7.78. The zero-order valence-electron chi connectivity index (χ0n) is 13.0. The van der Waals surface area contributed by atoms with Crippen LogP contribution in [0.1, 0.15) is 25.3 Å². The van der Waals surface area contributed by atoms with Crippen LogP contribution in [-0.4, -0.2) is 54.0 Å². The lowest BCUT2D eigenvalue weighted by Gasteiger charge is -2.20. The Kier molecular flexibility index (Phi) is 6.33. The number of nitrogens with one attached hydrogen (secondary N) is 1. The van der Waals surface area contributed by atoms with Gasteiger partial charge in [0.1, 0.15) is 0 Å². The molecule has 0 radical (unpaired) electrons. The van der Waals surface area contributed by atoms with Crippen LogP contribution in [0.5, 0.6) is 0 Å². The molecule has 1 aliphatic heterocycles. The number of ether oxygens (including phenoxy) is 1. The Labute approximate surface area is 130 Å². The third-order valence-corrected chi connectivity index (χ3v) is 3.80. The molecule has 2 heterocycles. The van der Waals surface area contributed by atoms with E-state index < -0.39 is 11.8 Å². The lowest BCUT2D eigenvalue weighted by molar-refractivity contribution is -0.145. The third kappa shape index (κ3) is 4.80. The second kappa shape index (κ2) is 8.48. The van der Waals surface area contributed by atoms with E-state index in [0.29, 0.717) is 26.1 Å². The van der Waals surface area contributed by atoms with Crippen molar-refractivity contribution in [2.75, 3.05) is 26.2 Å². The van der Waals surface area contributed by atoms with Gasteiger partial charge in [0.2, 0.25) is 0 Å². The minimum absolute atomic E-state index is 0.0450. The summed E-state index contributed by atoms with van der Waals surface area (Å²) in [6, 6.07) is 3.83. The summed E-state index contributed by atoms with van der Waals surface area (Å²) in [5.74, 6) is -1.03. The van der Waals surface area contributed by atoms with Crippen LogP contribution in [0.4, 0.5) is 0 Å². The first-order valence-electron chi connectivity index (χ1n) is 7.78. The molecule has 1 fully saturated rings. The van der Waals surface area contributed by atoms with E-state index >= 15 is 0 Å². The fraction of sp³-hybridized carbons (Fsp3) is 0.562. The molecule has 1 aromatic heterocycles. The van der Waals surface area contributed by atoms with Gasteiger partial charge in [-0.05, 0) is 43.9 Å². The molecule has 1 saturated heterocycles. The summed E-state index contributed by atoms with van der Waals surface area (Å²) in [5.41, 5.74) is 1.10. The van der Waals surface area contributed by atoms with Crippen molar-refractivity contribution in [2.24, 2.45) is 0 Å². The number of amides is 2. The topological polar surface area (TPSA) is 71.5 Å². The maximum atomic E-state index is 12.2. The van der Waals surface area contributed by atoms with Crippen LogP contribution in [0.2, 0.25) is 0 Å². The Bertz CT molecular complexity index is 487. The highest BCUT2D eigenvalue weighted by atomic mass is 16.5. The Morgan fingerprint density at radius 3 is 2.82 bits per heavy atom. The summed E-state index contributed by atoms with van der Waals surface area (Å²) in [7, 11) is 0. The van der Waals surface area contributed by atoms with Crippen LogP contribution in [0.3, 0.4) is 0 Å². The summed E-state index contributed by atoms with van der Waals surface area (Å²) in [4.78, 5) is 29.6. The SMILES string of the molecule is CCN(CCc1ccncc1)C(=O)C(=O)NCC1CCCO1. The summed E-state index contributed by atoms with van der Waals surface area (Å²) in [6.45, 7) is 4.05. The van der Waals surface area contributed by atoms with Crippen LogP contribution in [0.25, 0.3) is 0 Å².